The minimum Gasteiger partial charge on any atom is -0.748 e. The van der Waals surface area contributed by atoms with Crippen molar-refractivity contribution in [2.24, 2.45) is 15.4 Å². The normalized spacial score (nSPS) is 21.0. The molecule has 0 unspecified atom stereocenters. The van der Waals surface area contributed by atoms with Gasteiger partial charge in [-0.25, -0.2) is 18.0 Å². The first kappa shape index (κ1) is 40.5. The third kappa shape index (κ3) is 8.80. The zero-order chi connectivity index (χ0) is 39.7. The molecule has 0 saturated heterocycles. The number of unbranched alkanes of at least 4 members (excludes halogenated alkanes) is 3. The average Bonchev–Trinajstić information content (AvgIpc) is 3.50. The molecule has 4 aliphatic rings. The van der Waals surface area contributed by atoms with Crippen LogP contribution in [-0.4, -0.2) is 95.3 Å². The fraction of sp³-hybridized carbons (Fsp3) is 0.442. The molecule has 2 aromatic rings. The van der Waals surface area contributed by atoms with Crippen LogP contribution in [0.15, 0.2) is 98.3 Å². The van der Waals surface area contributed by atoms with Gasteiger partial charge in [0.25, 0.3) is 0 Å². The van der Waals surface area contributed by atoms with Crippen LogP contribution in [-0.2, 0) is 20.3 Å². The maximum Gasteiger partial charge on any atom is 0.309 e. The van der Waals surface area contributed by atoms with Gasteiger partial charge in [0, 0.05) is 60.1 Å². The number of allylic oxidation sites excluding steroid dienone is 5. The van der Waals surface area contributed by atoms with Crippen LogP contribution < -0.4 is 0 Å². The van der Waals surface area contributed by atoms with Gasteiger partial charge in [-0.1, -0.05) is 72.4 Å². The molecule has 0 fully saturated rings. The molecule has 1 N–H and O–H groups in total. The Balaban J connectivity index is 1.30. The molecule has 12 heteroatoms. The summed E-state index contributed by atoms with van der Waals surface area (Å²) >= 11 is 7.20. The van der Waals surface area contributed by atoms with Crippen LogP contribution in [0.4, 0.5) is 5.69 Å². The number of carbonyl (C=O) groups is 1. The van der Waals surface area contributed by atoms with Crippen molar-refractivity contribution in [1.82, 2.24) is 9.80 Å². The van der Waals surface area contributed by atoms with Crippen LogP contribution in [0, 0.1) is 12.3 Å². The van der Waals surface area contributed by atoms with Crippen molar-refractivity contribution in [3.63, 3.8) is 0 Å². The maximum atomic E-state index is 11.1. The molecule has 0 aliphatic carbocycles. The van der Waals surface area contributed by atoms with Gasteiger partial charge in [-0.2, -0.15) is 0 Å². The highest BCUT2D eigenvalue weighted by atomic mass is 35.5. The first-order valence-electron chi connectivity index (χ1n) is 19.1. The number of rotatable bonds is 13. The minimum atomic E-state index is -4.23. The lowest BCUT2D eigenvalue weighted by Crippen LogP contribution is -2.31. The Labute approximate surface area is 330 Å². The number of likely N-dealkylation sites (N-methyl/N-ethyl adjacent to an activating group) is 1. The summed E-state index contributed by atoms with van der Waals surface area (Å²) < 4.78 is 35.6. The van der Waals surface area contributed by atoms with Crippen molar-refractivity contribution in [2.75, 3.05) is 39.0 Å². The Morgan fingerprint density at radius 2 is 1.84 bits per heavy atom. The van der Waals surface area contributed by atoms with Crippen molar-refractivity contribution < 1.29 is 27.4 Å². The number of fused-ring (bicyclic) bond motifs is 4. The molecule has 4 heterocycles. The van der Waals surface area contributed by atoms with E-state index in [2.05, 4.69) is 93.6 Å². The summed E-state index contributed by atoms with van der Waals surface area (Å²) in [4.78, 5) is 25.7. The third-order valence-corrected chi connectivity index (χ3v) is 12.3. The van der Waals surface area contributed by atoms with E-state index in [4.69, 9.17) is 26.7 Å². The number of aliphatic imine (C=N–C) groups is 2. The van der Waals surface area contributed by atoms with E-state index in [1.54, 1.807) is 0 Å². The van der Waals surface area contributed by atoms with E-state index in [1.807, 2.05) is 29.5 Å². The molecular formula is C43H52ClN5O5S. The van der Waals surface area contributed by atoms with Gasteiger partial charge in [0.1, 0.15) is 17.7 Å². The smallest absolute Gasteiger partial charge is 0.309 e. The standard InChI is InChI=1S/C43H52ClN5O5S/c1-29-15-18-33-30(25-29)16-19-35-38(33)43(4,5)41(49(35)23-9-7-8-14-37(50)51)45-26-32-28-47(6)27-31(39(32)44)17-20-36-42(2,3)34-13-12-22-48(40(34)46-36)21-10-11-24-55(52,53)54/h12-13,15-20,22,25-26H,7-11,14,21,23-24,27-28H2,1-6H3,(H-,50,51,52,53,54). The lowest BCUT2D eigenvalue weighted by Gasteiger charge is -2.28. The molecule has 0 saturated carbocycles. The first-order valence-corrected chi connectivity index (χ1v) is 21.0. The summed E-state index contributed by atoms with van der Waals surface area (Å²) in [5.74, 6) is 0.651. The van der Waals surface area contributed by atoms with E-state index in [9.17, 15) is 17.8 Å². The van der Waals surface area contributed by atoms with E-state index in [-0.39, 0.29) is 17.6 Å². The van der Waals surface area contributed by atoms with Crippen LogP contribution in [0.3, 0.4) is 0 Å². The summed E-state index contributed by atoms with van der Waals surface area (Å²) in [6, 6.07) is 11.0. The Hall–Kier alpha value is -4.16. The average molecular weight is 786 g/mol. The molecule has 0 amide bonds. The molecule has 6 rings (SSSR count). The van der Waals surface area contributed by atoms with Crippen LogP contribution in [0.1, 0.15) is 77.3 Å². The number of carboxylic acid groups (broad SMARTS) is 1. The second-order valence-corrected chi connectivity index (χ2v) is 18.0. The Morgan fingerprint density at radius 1 is 1.05 bits per heavy atom. The lowest BCUT2D eigenvalue weighted by molar-refractivity contribution is -0.440. The highest BCUT2D eigenvalue weighted by Crippen LogP contribution is 2.46. The molecular weight excluding hydrogens is 734 g/mol. The molecule has 0 aromatic heterocycles. The quantitative estimate of drug-likeness (QED) is 0.0945. The number of halogens is 1. The van der Waals surface area contributed by atoms with Crippen molar-refractivity contribution >= 4 is 62.0 Å². The highest BCUT2D eigenvalue weighted by molar-refractivity contribution is 7.85. The molecule has 292 valence electrons. The van der Waals surface area contributed by atoms with Gasteiger partial charge >= 0.3 is 11.8 Å². The number of amidine groups is 2. The number of aryl methyl sites for hydroxylation is 1. The van der Waals surface area contributed by atoms with E-state index >= 15 is 0 Å². The summed E-state index contributed by atoms with van der Waals surface area (Å²) in [5.41, 5.74) is 6.70. The number of carboxylic acids is 1. The zero-order valence-corrected chi connectivity index (χ0v) is 34.3. The molecule has 10 nitrogen and oxygen atoms in total. The summed E-state index contributed by atoms with van der Waals surface area (Å²) in [6.07, 6.45) is 15.4. The predicted octanol–water partition coefficient (Wildman–Crippen LogP) is 7.97. The fourth-order valence-corrected chi connectivity index (χ4v) is 8.91. The van der Waals surface area contributed by atoms with Gasteiger partial charge in [0.2, 0.25) is 0 Å². The Morgan fingerprint density at radius 3 is 2.58 bits per heavy atom. The van der Waals surface area contributed by atoms with Gasteiger partial charge in [-0.05, 0) is 94.5 Å². The lowest BCUT2D eigenvalue weighted by atomic mass is 9.81. The monoisotopic (exact) mass is 785 g/mol. The topological polar surface area (TPSA) is 129 Å². The summed E-state index contributed by atoms with van der Waals surface area (Å²) in [5, 5.41) is 12.2. The Kier molecular flexibility index (Phi) is 11.9. The first-order chi connectivity index (χ1) is 26.0. The largest absolute Gasteiger partial charge is 0.748 e. The summed E-state index contributed by atoms with van der Waals surface area (Å²) in [6.45, 7) is 13.5. The molecule has 2 aromatic carbocycles. The van der Waals surface area contributed by atoms with Crippen molar-refractivity contribution in [3.8, 4) is 0 Å². The number of nitrogens with zero attached hydrogens (tertiary/aromatic N) is 5. The van der Waals surface area contributed by atoms with Gasteiger partial charge in [0.05, 0.1) is 32.8 Å². The van der Waals surface area contributed by atoms with Crippen molar-refractivity contribution in [3.05, 3.63) is 99.4 Å². The number of hydrogen-bond donors (Lipinski definition) is 1. The van der Waals surface area contributed by atoms with Crippen molar-refractivity contribution in [1.29, 1.82) is 0 Å². The second kappa shape index (κ2) is 16.1. The number of aliphatic carboxylic acids is 1. The van der Waals surface area contributed by atoms with E-state index in [0.717, 1.165) is 59.2 Å². The van der Waals surface area contributed by atoms with Crippen molar-refractivity contribution in [2.45, 2.75) is 78.6 Å². The SMILES string of the molecule is Cc1ccc2c3c(ccc2c1)[N+](CCCCCC(=O)O)=C(/N=C/C1=C(Cl)C(=C/C=C2/N=C4C(=CC=CN4CCCCS(=O)(=O)[O-])C2(C)C)/CN(C)C1)C3(C)C. The van der Waals surface area contributed by atoms with Crippen LogP contribution >= 0.6 is 11.6 Å². The molecule has 0 spiro atoms. The highest BCUT2D eigenvalue weighted by Gasteiger charge is 2.46. The number of benzene rings is 2. The van der Waals surface area contributed by atoms with E-state index in [1.165, 1.54) is 21.9 Å². The maximum absolute atomic E-state index is 11.1. The van der Waals surface area contributed by atoms with Crippen LogP contribution in [0.2, 0.25) is 0 Å². The molecule has 55 heavy (non-hydrogen) atoms. The van der Waals surface area contributed by atoms with Crippen LogP contribution in [0.5, 0.6) is 0 Å². The molecule has 0 bridgehead atoms. The number of hydrogen-bond acceptors (Lipinski definition) is 8. The summed E-state index contributed by atoms with van der Waals surface area (Å²) in [7, 11) is -2.17. The van der Waals surface area contributed by atoms with Gasteiger partial charge < -0.3 is 14.6 Å². The molecule has 4 aliphatic heterocycles. The zero-order valence-electron chi connectivity index (χ0n) is 32.7. The van der Waals surface area contributed by atoms with Crippen LogP contribution in [0.25, 0.3) is 10.8 Å². The molecule has 0 radical (unpaired) electrons. The van der Waals surface area contributed by atoms with Gasteiger partial charge in [-0.3, -0.25) is 9.69 Å². The molecule has 0 atom stereocenters. The predicted molar refractivity (Wildman–Crippen MR) is 222 cm³/mol. The fourth-order valence-electron chi connectivity index (χ4n) is 8.12. The van der Waals surface area contributed by atoms with Gasteiger partial charge in [0.15, 0.2) is 0 Å². The van der Waals surface area contributed by atoms with Gasteiger partial charge in [-0.15, -0.1) is 0 Å². The minimum absolute atomic E-state index is 0.173. The third-order valence-electron chi connectivity index (χ3n) is 11.0. The van der Waals surface area contributed by atoms with E-state index in [0.29, 0.717) is 43.9 Å². The van der Waals surface area contributed by atoms with E-state index < -0.39 is 21.5 Å². The Bertz CT molecular complexity index is 2260. The second-order valence-electron chi connectivity index (χ2n) is 16.1.